The molecule has 0 saturated carbocycles. The Hall–Kier alpha value is -0.120. The lowest BCUT2D eigenvalue weighted by atomic mass is 10.0. The standard InChI is InChI=1S/C13H27NO2/c1-10(2)8-14-9-11(15)7-12-5-6-13(3,4)16-12/h10-12,14-15H,5-9H2,1-4H3. The number of ether oxygens (including phenoxy) is 1. The molecule has 1 heterocycles. The zero-order chi connectivity index (χ0) is 12.2. The molecule has 0 aliphatic carbocycles. The Labute approximate surface area is 99.6 Å². The lowest BCUT2D eigenvalue weighted by Crippen LogP contribution is -2.32. The Morgan fingerprint density at radius 2 is 2.06 bits per heavy atom. The average Bonchev–Trinajstić information content (AvgIpc) is 2.44. The highest BCUT2D eigenvalue weighted by Crippen LogP contribution is 2.31. The van der Waals surface area contributed by atoms with E-state index in [1.807, 2.05) is 0 Å². The summed E-state index contributed by atoms with van der Waals surface area (Å²) in [4.78, 5) is 0. The highest BCUT2D eigenvalue weighted by atomic mass is 16.5. The van der Waals surface area contributed by atoms with Crippen molar-refractivity contribution in [3.8, 4) is 0 Å². The first-order valence-electron chi connectivity index (χ1n) is 6.45. The van der Waals surface area contributed by atoms with Gasteiger partial charge in [-0.1, -0.05) is 13.8 Å². The molecular formula is C13H27NO2. The number of aliphatic hydroxyl groups excluding tert-OH is 1. The second-order valence-electron chi connectivity index (χ2n) is 5.98. The second-order valence-corrected chi connectivity index (χ2v) is 5.98. The molecule has 0 spiro atoms. The molecule has 0 radical (unpaired) electrons. The zero-order valence-corrected chi connectivity index (χ0v) is 11.1. The molecule has 0 aromatic rings. The van der Waals surface area contributed by atoms with E-state index in [1.165, 1.54) is 0 Å². The lowest BCUT2D eigenvalue weighted by Gasteiger charge is -2.21. The first-order chi connectivity index (χ1) is 7.39. The molecule has 0 aromatic heterocycles. The molecule has 0 bridgehead atoms. The topological polar surface area (TPSA) is 41.5 Å². The molecule has 2 atom stereocenters. The fourth-order valence-electron chi connectivity index (χ4n) is 2.17. The second kappa shape index (κ2) is 5.99. The Morgan fingerprint density at radius 1 is 1.38 bits per heavy atom. The number of aliphatic hydroxyl groups is 1. The molecule has 1 aliphatic rings. The summed E-state index contributed by atoms with van der Waals surface area (Å²) in [7, 11) is 0. The third-order valence-corrected chi connectivity index (χ3v) is 3.02. The van der Waals surface area contributed by atoms with Crippen molar-refractivity contribution in [2.75, 3.05) is 13.1 Å². The van der Waals surface area contributed by atoms with E-state index in [4.69, 9.17) is 4.74 Å². The van der Waals surface area contributed by atoms with Crippen molar-refractivity contribution >= 4 is 0 Å². The molecule has 1 saturated heterocycles. The molecule has 96 valence electrons. The summed E-state index contributed by atoms with van der Waals surface area (Å²) in [6.07, 6.45) is 2.90. The monoisotopic (exact) mass is 229 g/mol. The van der Waals surface area contributed by atoms with E-state index in [2.05, 4.69) is 33.0 Å². The van der Waals surface area contributed by atoms with E-state index in [9.17, 15) is 5.11 Å². The number of nitrogens with one attached hydrogen (secondary N) is 1. The summed E-state index contributed by atoms with van der Waals surface area (Å²) in [6.45, 7) is 10.2. The van der Waals surface area contributed by atoms with Crippen LogP contribution in [0.4, 0.5) is 0 Å². The largest absolute Gasteiger partial charge is 0.392 e. The average molecular weight is 229 g/mol. The molecule has 3 heteroatoms. The van der Waals surface area contributed by atoms with Gasteiger partial charge in [-0.15, -0.1) is 0 Å². The molecule has 1 rings (SSSR count). The first kappa shape index (κ1) is 13.9. The van der Waals surface area contributed by atoms with Crippen LogP contribution in [-0.4, -0.2) is 36.0 Å². The van der Waals surface area contributed by atoms with Crippen LogP contribution in [0.1, 0.15) is 47.0 Å². The maximum atomic E-state index is 9.85. The number of hydrogen-bond acceptors (Lipinski definition) is 3. The van der Waals surface area contributed by atoms with Crippen LogP contribution in [0.15, 0.2) is 0 Å². The Balaban J connectivity index is 2.13. The summed E-state index contributed by atoms with van der Waals surface area (Å²) in [6, 6.07) is 0. The fourth-order valence-corrected chi connectivity index (χ4v) is 2.17. The van der Waals surface area contributed by atoms with E-state index < -0.39 is 0 Å². The van der Waals surface area contributed by atoms with Gasteiger partial charge in [0, 0.05) is 13.0 Å². The highest BCUT2D eigenvalue weighted by molar-refractivity contribution is 4.82. The lowest BCUT2D eigenvalue weighted by molar-refractivity contribution is -0.0342. The van der Waals surface area contributed by atoms with Gasteiger partial charge in [-0.25, -0.2) is 0 Å². The van der Waals surface area contributed by atoms with E-state index in [1.54, 1.807) is 0 Å². The smallest absolute Gasteiger partial charge is 0.0689 e. The van der Waals surface area contributed by atoms with Gasteiger partial charge in [0.1, 0.15) is 0 Å². The van der Waals surface area contributed by atoms with Gasteiger partial charge in [0.15, 0.2) is 0 Å². The van der Waals surface area contributed by atoms with E-state index >= 15 is 0 Å². The van der Waals surface area contributed by atoms with Crippen molar-refractivity contribution in [2.24, 2.45) is 5.92 Å². The van der Waals surface area contributed by atoms with Crippen molar-refractivity contribution < 1.29 is 9.84 Å². The van der Waals surface area contributed by atoms with E-state index in [-0.39, 0.29) is 17.8 Å². The van der Waals surface area contributed by atoms with Crippen molar-refractivity contribution in [2.45, 2.75) is 64.8 Å². The van der Waals surface area contributed by atoms with Crippen LogP contribution in [0.25, 0.3) is 0 Å². The third-order valence-electron chi connectivity index (χ3n) is 3.02. The van der Waals surface area contributed by atoms with Crippen molar-refractivity contribution in [1.29, 1.82) is 0 Å². The van der Waals surface area contributed by atoms with Crippen LogP contribution in [0.2, 0.25) is 0 Å². The molecule has 1 aliphatic heterocycles. The minimum Gasteiger partial charge on any atom is -0.392 e. The maximum absolute atomic E-state index is 9.85. The van der Waals surface area contributed by atoms with Gasteiger partial charge in [-0.05, 0) is 39.2 Å². The zero-order valence-electron chi connectivity index (χ0n) is 11.1. The van der Waals surface area contributed by atoms with Crippen LogP contribution in [0, 0.1) is 5.92 Å². The summed E-state index contributed by atoms with van der Waals surface area (Å²) in [5.41, 5.74) is 0.00967. The molecule has 0 aromatic carbocycles. The highest BCUT2D eigenvalue weighted by Gasteiger charge is 2.32. The summed E-state index contributed by atoms with van der Waals surface area (Å²) in [5.74, 6) is 0.633. The predicted molar refractivity (Wildman–Crippen MR) is 66.5 cm³/mol. The van der Waals surface area contributed by atoms with Gasteiger partial charge in [0.25, 0.3) is 0 Å². The quantitative estimate of drug-likeness (QED) is 0.731. The first-order valence-corrected chi connectivity index (χ1v) is 6.45. The van der Waals surface area contributed by atoms with Gasteiger partial charge in [0.05, 0.1) is 17.8 Å². The van der Waals surface area contributed by atoms with Crippen molar-refractivity contribution in [1.82, 2.24) is 5.32 Å². The Kier molecular flexibility index (Phi) is 5.22. The fraction of sp³-hybridized carbons (Fsp3) is 1.00. The summed E-state index contributed by atoms with van der Waals surface area (Å²) >= 11 is 0. The van der Waals surface area contributed by atoms with Crippen LogP contribution in [0.5, 0.6) is 0 Å². The van der Waals surface area contributed by atoms with Crippen LogP contribution >= 0.6 is 0 Å². The normalized spacial score (nSPS) is 26.2. The minimum atomic E-state index is -0.280. The van der Waals surface area contributed by atoms with E-state index in [0.717, 1.165) is 25.8 Å². The maximum Gasteiger partial charge on any atom is 0.0689 e. The van der Waals surface area contributed by atoms with Gasteiger partial charge in [0.2, 0.25) is 0 Å². The third kappa shape index (κ3) is 5.28. The van der Waals surface area contributed by atoms with Crippen LogP contribution in [-0.2, 0) is 4.74 Å². The van der Waals surface area contributed by atoms with Crippen LogP contribution < -0.4 is 5.32 Å². The number of rotatable bonds is 6. The Morgan fingerprint density at radius 3 is 2.56 bits per heavy atom. The van der Waals surface area contributed by atoms with Crippen molar-refractivity contribution in [3.05, 3.63) is 0 Å². The summed E-state index contributed by atoms with van der Waals surface area (Å²) in [5, 5.41) is 13.1. The Bertz CT molecular complexity index is 204. The molecular weight excluding hydrogens is 202 g/mol. The van der Waals surface area contributed by atoms with Gasteiger partial charge >= 0.3 is 0 Å². The minimum absolute atomic E-state index is 0.00967. The van der Waals surface area contributed by atoms with Gasteiger partial charge in [-0.2, -0.15) is 0 Å². The van der Waals surface area contributed by atoms with Gasteiger partial charge < -0.3 is 15.2 Å². The molecule has 16 heavy (non-hydrogen) atoms. The molecule has 2 unspecified atom stereocenters. The molecule has 0 amide bonds. The summed E-state index contributed by atoms with van der Waals surface area (Å²) < 4.78 is 5.86. The number of hydrogen-bond donors (Lipinski definition) is 2. The molecule has 1 fully saturated rings. The van der Waals surface area contributed by atoms with Gasteiger partial charge in [-0.3, -0.25) is 0 Å². The van der Waals surface area contributed by atoms with Crippen LogP contribution in [0.3, 0.4) is 0 Å². The van der Waals surface area contributed by atoms with E-state index in [0.29, 0.717) is 12.5 Å². The van der Waals surface area contributed by atoms with Crippen molar-refractivity contribution in [3.63, 3.8) is 0 Å². The predicted octanol–water partition coefficient (Wildman–Crippen LogP) is 1.94. The molecule has 2 N–H and O–H groups in total. The SMILES string of the molecule is CC(C)CNCC(O)CC1CCC(C)(C)O1. The molecule has 3 nitrogen and oxygen atoms in total.